The summed E-state index contributed by atoms with van der Waals surface area (Å²) in [6.07, 6.45) is 0. The molecule has 0 rings (SSSR count). The summed E-state index contributed by atoms with van der Waals surface area (Å²) in [5, 5.41) is 14.8. The van der Waals surface area contributed by atoms with Crippen molar-refractivity contribution in [2.45, 2.75) is 0 Å². The van der Waals surface area contributed by atoms with Gasteiger partial charge >= 0.3 is 0 Å². The Bertz CT molecular complexity index is 29.9. The predicted octanol–water partition coefficient (Wildman–Crippen LogP) is -0.239. The largest absolute Gasteiger partial charge is 0.356 e. The monoisotopic (exact) mass is 300 g/mol. The third-order valence-electron chi connectivity index (χ3n) is 0. The molecule has 0 spiro atoms. The molecule has 0 aliphatic heterocycles. The predicted molar refractivity (Wildman–Crippen MR) is 10.4 cm³/mol. The van der Waals surface area contributed by atoms with Crippen LogP contribution in [0.25, 0.3) is 0 Å². The van der Waals surface area contributed by atoms with Crippen molar-refractivity contribution in [3.05, 3.63) is 15.3 Å². The second-order valence-electron chi connectivity index (χ2n) is 0.224. The summed E-state index contributed by atoms with van der Waals surface area (Å²) in [4.78, 5) is 8.25. The summed E-state index contributed by atoms with van der Waals surface area (Å²) < 4.78 is 0. The van der Waals surface area contributed by atoms with Crippen LogP contribution in [0.1, 0.15) is 0 Å². The maximum Gasteiger partial charge on any atom is 0.0689 e. The van der Waals surface area contributed by atoms with Crippen molar-refractivity contribution in [1.29, 1.82) is 0 Å². The van der Waals surface area contributed by atoms with Crippen LogP contribution in [-0.2, 0) is 0 Å². The summed E-state index contributed by atoms with van der Waals surface area (Å²) in [6.45, 7) is 0. The fourth-order valence-corrected chi connectivity index (χ4v) is 0. The van der Waals surface area contributed by atoms with E-state index in [-0.39, 0.29) is 31.1 Å². The standard InChI is InChI=1S/NO3.U/c2-1(3)4;/q-1;. The van der Waals surface area contributed by atoms with E-state index in [0.717, 1.165) is 0 Å². The van der Waals surface area contributed by atoms with E-state index >= 15 is 0 Å². The Morgan fingerprint density at radius 1 is 1.40 bits per heavy atom. The van der Waals surface area contributed by atoms with Crippen LogP contribution >= 0.6 is 0 Å². The van der Waals surface area contributed by atoms with Gasteiger partial charge in [-0.25, -0.2) is 0 Å². The van der Waals surface area contributed by atoms with E-state index in [1.165, 1.54) is 0 Å². The van der Waals surface area contributed by atoms with Crippen LogP contribution in [0.3, 0.4) is 0 Å². The van der Waals surface area contributed by atoms with Crippen molar-refractivity contribution in [2.24, 2.45) is 0 Å². The smallest absolute Gasteiger partial charge is 0.0689 e. The fourth-order valence-electron chi connectivity index (χ4n) is 0. The molecule has 5 heteroatoms. The molecule has 0 aromatic rings. The zero-order valence-corrected chi connectivity index (χ0v) is 6.34. The van der Waals surface area contributed by atoms with E-state index in [0.29, 0.717) is 0 Å². The molecule has 0 aliphatic rings. The third-order valence-corrected chi connectivity index (χ3v) is 0. The normalized spacial score (nSPS) is 4.80. The molecule has 0 fully saturated rings. The quantitative estimate of drug-likeness (QED) is 0.458. The van der Waals surface area contributed by atoms with Crippen LogP contribution in [0.15, 0.2) is 0 Å². The third kappa shape index (κ3) is 340. The molecule has 28 valence electrons. The van der Waals surface area contributed by atoms with Crippen molar-refractivity contribution in [3.8, 4) is 0 Å². The van der Waals surface area contributed by atoms with Crippen molar-refractivity contribution < 1.29 is 36.2 Å². The van der Waals surface area contributed by atoms with Gasteiger partial charge in [-0.3, -0.25) is 0 Å². The topological polar surface area (TPSA) is 66.2 Å². The molecule has 0 atom stereocenters. The van der Waals surface area contributed by atoms with Gasteiger partial charge in [0.15, 0.2) is 0 Å². The van der Waals surface area contributed by atoms with E-state index in [4.69, 9.17) is 15.3 Å². The SMILES string of the molecule is O=[N+]([O-])[O-].[U]. The number of rotatable bonds is 0. The van der Waals surface area contributed by atoms with Crippen molar-refractivity contribution in [3.63, 3.8) is 0 Å². The summed E-state index contributed by atoms with van der Waals surface area (Å²) >= 11 is 0. The molecule has 0 N–H and O–H groups in total. The van der Waals surface area contributed by atoms with E-state index in [2.05, 4.69) is 0 Å². The van der Waals surface area contributed by atoms with Gasteiger partial charge in [0.2, 0.25) is 0 Å². The zero-order chi connectivity index (χ0) is 3.58. The average Bonchev–Trinajstić information content (AvgIpc) is 0.811. The van der Waals surface area contributed by atoms with Gasteiger partial charge in [0.1, 0.15) is 0 Å². The van der Waals surface area contributed by atoms with Gasteiger partial charge in [0, 0.05) is 31.1 Å². The van der Waals surface area contributed by atoms with Gasteiger partial charge in [-0.1, -0.05) is 0 Å². The second-order valence-corrected chi connectivity index (χ2v) is 0.224. The minimum absolute atomic E-state index is 0. The molecular weight excluding hydrogens is 300 g/mol. The fraction of sp³-hybridized carbons (Fsp3) is 0. The van der Waals surface area contributed by atoms with E-state index in [9.17, 15) is 0 Å². The first-order valence-corrected chi connectivity index (χ1v) is 0.548. The van der Waals surface area contributed by atoms with Crippen molar-refractivity contribution in [2.75, 3.05) is 0 Å². The van der Waals surface area contributed by atoms with Gasteiger partial charge in [-0.15, -0.1) is 0 Å². The molecule has 0 aromatic heterocycles. The summed E-state index contributed by atoms with van der Waals surface area (Å²) in [7, 11) is 0. The molecule has 0 bridgehead atoms. The summed E-state index contributed by atoms with van der Waals surface area (Å²) in [6, 6.07) is 0. The van der Waals surface area contributed by atoms with Crippen LogP contribution < -0.4 is 0 Å². The van der Waals surface area contributed by atoms with Crippen LogP contribution in [0.2, 0.25) is 0 Å². The molecule has 0 saturated heterocycles. The molecule has 5 heavy (non-hydrogen) atoms. The average molecular weight is 300 g/mol. The number of hydrogen-bond donors (Lipinski definition) is 0. The minimum atomic E-state index is -1.75. The van der Waals surface area contributed by atoms with Gasteiger partial charge in [-0.05, 0) is 0 Å². The first-order valence-electron chi connectivity index (χ1n) is 0.548. The Balaban J connectivity index is 0. The Kier molecular flexibility index (Phi) is 7.64. The molecule has 0 unspecified atom stereocenters. The number of hydrogen-bond acceptors (Lipinski definition) is 3. The van der Waals surface area contributed by atoms with Gasteiger partial charge in [0.25, 0.3) is 0 Å². The molecule has 0 amide bonds. The van der Waals surface area contributed by atoms with Crippen LogP contribution in [0.4, 0.5) is 0 Å². The molecule has 0 radical (unpaired) electrons. The molecule has 0 heterocycles. The zero-order valence-electron chi connectivity index (χ0n) is 2.17. The second kappa shape index (κ2) is 4.25. The minimum Gasteiger partial charge on any atom is -0.356 e. The molecule has 0 aliphatic carbocycles. The Labute approximate surface area is 51.7 Å². The van der Waals surface area contributed by atoms with Crippen LogP contribution in [0.5, 0.6) is 0 Å². The van der Waals surface area contributed by atoms with E-state index < -0.39 is 5.09 Å². The van der Waals surface area contributed by atoms with Gasteiger partial charge < -0.3 is 15.3 Å². The Morgan fingerprint density at radius 2 is 1.40 bits per heavy atom. The van der Waals surface area contributed by atoms with Crippen molar-refractivity contribution >= 4 is 0 Å². The van der Waals surface area contributed by atoms with Crippen LogP contribution in [-0.4, -0.2) is 5.09 Å². The maximum atomic E-state index is 8.25. The first-order chi connectivity index (χ1) is 1.73. The maximum absolute atomic E-state index is 8.25. The Morgan fingerprint density at radius 3 is 1.40 bits per heavy atom. The van der Waals surface area contributed by atoms with E-state index in [1.54, 1.807) is 0 Å². The summed E-state index contributed by atoms with van der Waals surface area (Å²) in [5.74, 6) is 0. The van der Waals surface area contributed by atoms with Gasteiger partial charge in [-0.2, -0.15) is 0 Å². The molecular formula is NO3U-. The summed E-state index contributed by atoms with van der Waals surface area (Å²) in [5.41, 5.74) is 0. The first kappa shape index (κ1) is 8.98. The van der Waals surface area contributed by atoms with Crippen LogP contribution in [0, 0.1) is 46.4 Å². The number of nitrogens with zero attached hydrogens (tertiary/aromatic N) is 1. The Hall–Kier alpha value is 0.252. The van der Waals surface area contributed by atoms with E-state index in [1.807, 2.05) is 0 Å². The van der Waals surface area contributed by atoms with Gasteiger partial charge in [0.05, 0.1) is 5.09 Å². The molecule has 0 aromatic carbocycles. The molecule has 0 saturated carbocycles. The van der Waals surface area contributed by atoms with Crippen molar-refractivity contribution in [1.82, 2.24) is 0 Å². The molecule has 4 nitrogen and oxygen atoms in total.